The second-order valence-corrected chi connectivity index (χ2v) is 9.75. The Labute approximate surface area is 177 Å². The number of carboxylic acids is 1. The second-order valence-electron chi connectivity index (χ2n) is 6.81. The summed E-state index contributed by atoms with van der Waals surface area (Å²) in [5.74, 6) is 0.439. The summed E-state index contributed by atoms with van der Waals surface area (Å²) in [4.78, 5) is 11.7. The number of aliphatic hydroxyl groups excluding tert-OH is 2. The number of carbonyl (C=O) groups is 1. The lowest BCUT2D eigenvalue weighted by molar-refractivity contribution is -0.133. The van der Waals surface area contributed by atoms with Crippen LogP contribution in [0.5, 0.6) is 0 Å². The first-order chi connectivity index (χ1) is 13.0. The molecular formula is C20H27BrO4S2. The molecule has 0 aliphatic heterocycles. The van der Waals surface area contributed by atoms with E-state index >= 15 is 0 Å². The van der Waals surface area contributed by atoms with Gasteiger partial charge in [-0.05, 0) is 65.9 Å². The predicted octanol–water partition coefficient (Wildman–Crippen LogP) is 4.51. The number of halogens is 1. The summed E-state index contributed by atoms with van der Waals surface area (Å²) >= 11 is 6.51. The maximum Gasteiger partial charge on any atom is 0.313 e. The fraction of sp³-hybridized carbons (Fsp3) is 0.550. The Kier molecular flexibility index (Phi) is 10.1. The van der Waals surface area contributed by atoms with Crippen molar-refractivity contribution in [2.24, 2.45) is 11.8 Å². The van der Waals surface area contributed by atoms with Crippen LogP contribution in [0.2, 0.25) is 0 Å². The SMILES string of the molecule is O=C(O)CSCC=CC[C@H]1C(O)CC[C@@H]1C=C[C@@H](O)CCc1cc(Br)cs1. The minimum Gasteiger partial charge on any atom is -0.481 e. The number of thioether (sulfide) groups is 1. The maximum absolute atomic E-state index is 10.5. The molecule has 27 heavy (non-hydrogen) atoms. The Balaban J connectivity index is 1.74. The molecule has 1 unspecified atom stereocenters. The van der Waals surface area contributed by atoms with Crippen LogP contribution >= 0.6 is 39.0 Å². The van der Waals surface area contributed by atoms with Crippen LogP contribution in [0.4, 0.5) is 0 Å². The van der Waals surface area contributed by atoms with Gasteiger partial charge in [0, 0.05) is 20.5 Å². The average molecular weight is 475 g/mol. The third kappa shape index (κ3) is 8.52. The highest BCUT2D eigenvalue weighted by Gasteiger charge is 2.32. The summed E-state index contributed by atoms with van der Waals surface area (Å²) in [6, 6.07) is 2.09. The summed E-state index contributed by atoms with van der Waals surface area (Å²) in [5, 5.41) is 31.1. The number of allylic oxidation sites excluding steroid dienone is 2. The number of rotatable bonds is 11. The zero-order valence-corrected chi connectivity index (χ0v) is 18.4. The number of carboxylic acid groups (broad SMARTS) is 1. The lowest BCUT2D eigenvalue weighted by Gasteiger charge is -2.18. The van der Waals surface area contributed by atoms with Crippen LogP contribution in [0, 0.1) is 11.8 Å². The molecule has 0 spiro atoms. The first kappa shape index (κ1) is 22.7. The first-order valence-corrected chi connectivity index (χ1v) is 12.0. The summed E-state index contributed by atoms with van der Waals surface area (Å²) in [7, 11) is 0. The van der Waals surface area contributed by atoms with Crippen molar-refractivity contribution in [1.82, 2.24) is 0 Å². The van der Waals surface area contributed by atoms with E-state index in [1.54, 1.807) is 11.3 Å². The molecule has 7 heteroatoms. The minimum atomic E-state index is -0.796. The van der Waals surface area contributed by atoms with Crippen LogP contribution < -0.4 is 0 Å². The molecule has 1 aromatic heterocycles. The zero-order chi connectivity index (χ0) is 19.6. The zero-order valence-electron chi connectivity index (χ0n) is 15.2. The van der Waals surface area contributed by atoms with E-state index in [-0.39, 0.29) is 23.7 Å². The van der Waals surface area contributed by atoms with E-state index < -0.39 is 12.1 Å². The van der Waals surface area contributed by atoms with Crippen molar-refractivity contribution in [3.63, 3.8) is 0 Å². The van der Waals surface area contributed by atoms with Gasteiger partial charge in [0.15, 0.2) is 0 Å². The van der Waals surface area contributed by atoms with Crippen molar-refractivity contribution in [2.75, 3.05) is 11.5 Å². The lowest BCUT2D eigenvalue weighted by Crippen LogP contribution is -2.17. The minimum absolute atomic E-state index is 0.113. The maximum atomic E-state index is 10.5. The van der Waals surface area contributed by atoms with Gasteiger partial charge in [-0.15, -0.1) is 23.1 Å². The van der Waals surface area contributed by atoms with Crippen molar-refractivity contribution < 1.29 is 20.1 Å². The van der Waals surface area contributed by atoms with E-state index in [0.29, 0.717) is 12.2 Å². The number of aryl methyl sites for hydroxylation is 1. The van der Waals surface area contributed by atoms with Crippen LogP contribution in [0.3, 0.4) is 0 Å². The second kappa shape index (κ2) is 12.1. The van der Waals surface area contributed by atoms with Gasteiger partial charge >= 0.3 is 5.97 Å². The molecule has 4 atom stereocenters. The van der Waals surface area contributed by atoms with Crippen molar-refractivity contribution in [3.8, 4) is 0 Å². The fourth-order valence-corrected chi connectivity index (χ4v) is 5.36. The van der Waals surface area contributed by atoms with Crippen LogP contribution in [-0.4, -0.2) is 45.0 Å². The van der Waals surface area contributed by atoms with Gasteiger partial charge in [-0.2, -0.15) is 0 Å². The quantitative estimate of drug-likeness (QED) is 0.324. The largest absolute Gasteiger partial charge is 0.481 e. The summed E-state index contributed by atoms with van der Waals surface area (Å²) in [6.07, 6.45) is 11.3. The third-order valence-corrected chi connectivity index (χ3v) is 7.38. The molecular weight excluding hydrogens is 448 g/mol. The van der Waals surface area contributed by atoms with Gasteiger partial charge in [-0.1, -0.05) is 24.3 Å². The number of hydrogen-bond acceptors (Lipinski definition) is 5. The molecule has 150 valence electrons. The summed E-state index contributed by atoms with van der Waals surface area (Å²) in [6.45, 7) is 0. The number of thiophene rings is 1. The average Bonchev–Trinajstić information content (AvgIpc) is 3.20. The third-order valence-electron chi connectivity index (χ3n) is 4.74. The van der Waals surface area contributed by atoms with Crippen molar-refractivity contribution in [1.29, 1.82) is 0 Å². The van der Waals surface area contributed by atoms with E-state index in [0.717, 1.165) is 30.2 Å². The Morgan fingerprint density at radius 1 is 1.41 bits per heavy atom. The van der Waals surface area contributed by atoms with Gasteiger partial charge in [0.25, 0.3) is 0 Å². The molecule has 0 bridgehead atoms. The van der Waals surface area contributed by atoms with E-state index in [2.05, 4.69) is 33.5 Å². The summed E-state index contributed by atoms with van der Waals surface area (Å²) < 4.78 is 1.09. The van der Waals surface area contributed by atoms with E-state index in [1.807, 2.05) is 18.2 Å². The van der Waals surface area contributed by atoms with Crippen LogP contribution in [0.15, 0.2) is 40.2 Å². The molecule has 3 N–H and O–H groups in total. The molecule has 2 rings (SSSR count). The van der Waals surface area contributed by atoms with Gasteiger partial charge in [0.1, 0.15) is 0 Å². The molecule has 0 radical (unpaired) electrons. The van der Waals surface area contributed by atoms with Crippen molar-refractivity contribution in [2.45, 2.75) is 44.3 Å². The molecule has 4 nitrogen and oxygen atoms in total. The highest BCUT2D eigenvalue weighted by atomic mass is 79.9. The standard InChI is InChI=1S/C20H27BrO4S2/c21-15-11-17(27-12-15)8-7-16(22)6-4-14-5-9-19(23)18(14)3-1-2-10-26-13-20(24)25/h1-2,4,6,11-12,14,16,18-19,22-23H,3,5,7-10,13H2,(H,24,25)/t14-,16+,18+,19?/m0/s1. The van der Waals surface area contributed by atoms with Crippen molar-refractivity contribution >= 4 is 45.0 Å². The van der Waals surface area contributed by atoms with Gasteiger partial charge in [0.05, 0.1) is 18.0 Å². The fourth-order valence-electron chi connectivity index (χ4n) is 3.33. The number of aliphatic hydroxyl groups is 2. The van der Waals surface area contributed by atoms with E-state index in [4.69, 9.17) is 5.11 Å². The molecule has 1 aliphatic rings. The Hall–Kier alpha value is -0.600. The van der Waals surface area contributed by atoms with Gasteiger partial charge in [-0.3, -0.25) is 4.79 Å². The Morgan fingerprint density at radius 2 is 2.22 bits per heavy atom. The monoisotopic (exact) mass is 474 g/mol. The predicted molar refractivity (Wildman–Crippen MR) is 116 cm³/mol. The topological polar surface area (TPSA) is 77.8 Å². The molecule has 0 aromatic carbocycles. The van der Waals surface area contributed by atoms with E-state index in [9.17, 15) is 15.0 Å². The first-order valence-electron chi connectivity index (χ1n) is 9.17. The van der Waals surface area contributed by atoms with E-state index in [1.165, 1.54) is 16.6 Å². The Morgan fingerprint density at radius 3 is 2.93 bits per heavy atom. The normalized spacial score (nSPS) is 24.2. The van der Waals surface area contributed by atoms with Gasteiger partial charge < -0.3 is 15.3 Å². The summed E-state index contributed by atoms with van der Waals surface area (Å²) in [5.41, 5.74) is 0. The molecule has 0 saturated heterocycles. The lowest BCUT2D eigenvalue weighted by atomic mass is 9.90. The molecule has 1 fully saturated rings. The van der Waals surface area contributed by atoms with Crippen molar-refractivity contribution in [3.05, 3.63) is 45.1 Å². The number of aliphatic carboxylic acids is 1. The van der Waals surface area contributed by atoms with Crippen LogP contribution in [0.1, 0.15) is 30.6 Å². The molecule has 1 saturated carbocycles. The Bertz CT molecular complexity index is 644. The van der Waals surface area contributed by atoms with Crippen LogP contribution in [0.25, 0.3) is 0 Å². The highest BCUT2D eigenvalue weighted by Crippen LogP contribution is 2.36. The molecule has 0 amide bonds. The molecule has 1 aromatic rings. The van der Waals surface area contributed by atoms with Crippen LogP contribution in [-0.2, 0) is 11.2 Å². The van der Waals surface area contributed by atoms with Gasteiger partial charge in [0.2, 0.25) is 0 Å². The molecule has 1 heterocycles. The smallest absolute Gasteiger partial charge is 0.313 e. The molecule has 1 aliphatic carbocycles. The number of hydrogen-bond donors (Lipinski definition) is 3. The van der Waals surface area contributed by atoms with Gasteiger partial charge in [-0.25, -0.2) is 0 Å². The highest BCUT2D eigenvalue weighted by molar-refractivity contribution is 9.10.